The molecule has 1 aromatic carbocycles. The Kier molecular flexibility index (Phi) is 7.12. The van der Waals surface area contributed by atoms with Crippen molar-refractivity contribution in [2.24, 2.45) is 10.9 Å². The zero-order valence-corrected chi connectivity index (χ0v) is 17.1. The highest BCUT2D eigenvalue weighted by Crippen LogP contribution is 2.45. The molecule has 0 spiro atoms. The van der Waals surface area contributed by atoms with Gasteiger partial charge < -0.3 is 15.0 Å². The molecule has 1 N–H and O–H groups in total. The third-order valence-corrected chi connectivity index (χ3v) is 5.00. The number of rotatable bonds is 4. The molecular formula is C17H24ClFIN3O. The van der Waals surface area contributed by atoms with Gasteiger partial charge in [-0.1, -0.05) is 17.7 Å². The van der Waals surface area contributed by atoms with E-state index in [1.54, 1.807) is 26.3 Å². The molecule has 2 aliphatic rings. The van der Waals surface area contributed by atoms with Gasteiger partial charge in [0.25, 0.3) is 0 Å². The fourth-order valence-electron chi connectivity index (χ4n) is 3.40. The van der Waals surface area contributed by atoms with Crippen LogP contribution < -0.4 is 5.32 Å². The topological polar surface area (TPSA) is 36.9 Å². The minimum Gasteiger partial charge on any atom is -0.384 e. The second kappa shape index (κ2) is 8.67. The van der Waals surface area contributed by atoms with Gasteiger partial charge in [0.15, 0.2) is 5.96 Å². The molecule has 1 aromatic rings. The highest BCUT2D eigenvalue weighted by molar-refractivity contribution is 14.0. The molecule has 24 heavy (non-hydrogen) atoms. The van der Waals surface area contributed by atoms with Crippen molar-refractivity contribution in [3.63, 3.8) is 0 Å². The minimum atomic E-state index is -0.219. The Morgan fingerprint density at radius 3 is 2.96 bits per heavy atom. The molecule has 1 heterocycles. The van der Waals surface area contributed by atoms with E-state index in [0.717, 1.165) is 38.5 Å². The zero-order chi connectivity index (χ0) is 16.4. The number of methoxy groups -OCH3 is 1. The molecule has 1 aliphatic carbocycles. The summed E-state index contributed by atoms with van der Waals surface area (Å²) in [6.07, 6.45) is 2.00. The molecule has 0 amide bonds. The lowest BCUT2D eigenvalue weighted by Crippen LogP contribution is -2.41. The Morgan fingerprint density at radius 2 is 2.29 bits per heavy atom. The monoisotopic (exact) mass is 467 g/mol. The number of guanidine groups is 1. The molecule has 1 saturated carbocycles. The van der Waals surface area contributed by atoms with Gasteiger partial charge in [0, 0.05) is 55.7 Å². The molecule has 0 bridgehead atoms. The van der Waals surface area contributed by atoms with Gasteiger partial charge in [0.05, 0.1) is 6.61 Å². The number of halogens is 3. The Balaban J connectivity index is 0.00000208. The first-order valence-corrected chi connectivity index (χ1v) is 8.43. The predicted octanol–water partition coefficient (Wildman–Crippen LogP) is 3.50. The lowest BCUT2D eigenvalue weighted by Gasteiger charge is -2.22. The summed E-state index contributed by atoms with van der Waals surface area (Å²) in [6.45, 7) is 2.71. The summed E-state index contributed by atoms with van der Waals surface area (Å²) in [5.74, 6) is 1.35. The van der Waals surface area contributed by atoms with Crippen LogP contribution in [-0.4, -0.2) is 50.8 Å². The molecule has 4 nitrogen and oxygen atoms in total. The van der Waals surface area contributed by atoms with Crippen molar-refractivity contribution in [1.82, 2.24) is 10.2 Å². The summed E-state index contributed by atoms with van der Waals surface area (Å²) in [7, 11) is 3.53. The van der Waals surface area contributed by atoms with Crippen LogP contribution in [0.4, 0.5) is 4.39 Å². The number of aliphatic imine (C=N–C) groups is 1. The molecule has 1 saturated heterocycles. The number of ether oxygens (including phenoxy) is 1. The number of nitrogens with one attached hydrogen (secondary N) is 1. The smallest absolute Gasteiger partial charge is 0.193 e. The number of hydrogen-bond donors (Lipinski definition) is 1. The first-order valence-electron chi connectivity index (χ1n) is 8.05. The van der Waals surface area contributed by atoms with Crippen LogP contribution in [0.2, 0.25) is 5.02 Å². The lowest BCUT2D eigenvalue weighted by molar-refractivity contribution is 0.157. The Bertz CT molecular complexity index is 581. The molecular weight excluding hydrogens is 444 g/mol. The number of likely N-dealkylation sites (tertiary alicyclic amines) is 1. The van der Waals surface area contributed by atoms with Gasteiger partial charge in [-0.15, -0.1) is 24.0 Å². The van der Waals surface area contributed by atoms with Crippen molar-refractivity contribution >= 4 is 41.5 Å². The quantitative estimate of drug-likeness (QED) is 0.418. The second-order valence-electron chi connectivity index (χ2n) is 6.33. The standard InChI is InChI=1S/C17H23ClFN3O.HI/c1-20-17(22-7-6-11(9-22)10-23-2)21-15-8-12(15)16-13(18)4-3-5-14(16)19;/h3-5,11-12,15H,6-10H2,1-2H3,(H,20,21);1H. The van der Waals surface area contributed by atoms with Crippen LogP contribution in [0.5, 0.6) is 0 Å². The van der Waals surface area contributed by atoms with Crippen molar-refractivity contribution in [3.05, 3.63) is 34.6 Å². The van der Waals surface area contributed by atoms with Gasteiger partial charge in [0.1, 0.15) is 5.82 Å². The van der Waals surface area contributed by atoms with Crippen molar-refractivity contribution in [1.29, 1.82) is 0 Å². The number of hydrogen-bond acceptors (Lipinski definition) is 2. The van der Waals surface area contributed by atoms with Crippen LogP contribution >= 0.6 is 35.6 Å². The van der Waals surface area contributed by atoms with Crippen LogP contribution in [-0.2, 0) is 4.74 Å². The van der Waals surface area contributed by atoms with Gasteiger partial charge in [-0.25, -0.2) is 4.39 Å². The van der Waals surface area contributed by atoms with Gasteiger partial charge in [-0.05, 0) is 25.0 Å². The Morgan fingerprint density at radius 1 is 1.50 bits per heavy atom. The Labute approximate surface area is 164 Å². The SMILES string of the molecule is CN=C(NC1CC1c1c(F)cccc1Cl)N1CCC(COC)C1.I. The predicted molar refractivity (Wildman–Crippen MR) is 106 cm³/mol. The lowest BCUT2D eigenvalue weighted by atomic mass is 10.1. The summed E-state index contributed by atoms with van der Waals surface area (Å²) < 4.78 is 19.2. The van der Waals surface area contributed by atoms with E-state index in [1.165, 1.54) is 6.07 Å². The zero-order valence-electron chi connectivity index (χ0n) is 14.0. The van der Waals surface area contributed by atoms with Crippen molar-refractivity contribution in [3.8, 4) is 0 Å². The number of benzene rings is 1. The van der Waals surface area contributed by atoms with Gasteiger partial charge >= 0.3 is 0 Å². The average Bonchev–Trinajstić information content (AvgIpc) is 3.11. The first-order chi connectivity index (χ1) is 11.1. The second-order valence-corrected chi connectivity index (χ2v) is 6.74. The number of nitrogens with zero attached hydrogens (tertiary/aromatic N) is 2. The summed E-state index contributed by atoms with van der Waals surface area (Å²) in [5, 5.41) is 3.97. The van der Waals surface area contributed by atoms with Gasteiger partial charge in [0.2, 0.25) is 0 Å². The maximum Gasteiger partial charge on any atom is 0.193 e. The van der Waals surface area contributed by atoms with Gasteiger partial charge in [-0.2, -0.15) is 0 Å². The molecule has 7 heteroatoms. The van der Waals surface area contributed by atoms with E-state index in [1.807, 2.05) is 0 Å². The molecule has 2 fully saturated rings. The largest absolute Gasteiger partial charge is 0.384 e. The summed E-state index contributed by atoms with van der Waals surface area (Å²) in [6, 6.07) is 5.07. The molecule has 0 radical (unpaired) electrons. The summed E-state index contributed by atoms with van der Waals surface area (Å²) in [5.41, 5.74) is 0.626. The highest BCUT2D eigenvalue weighted by atomic mass is 127. The van der Waals surface area contributed by atoms with Crippen LogP contribution in [0, 0.1) is 11.7 Å². The average molecular weight is 468 g/mol. The van der Waals surface area contributed by atoms with E-state index < -0.39 is 0 Å². The fraction of sp³-hybridized carbons (Fsp3) is 0.588. The van der Waals surface area contributed by atoms with E-state index >= 15 is 0 Å². The third kappa shape index (κ3) is 4.32. The third-order valence-electron chi connectivity index (χ3n) is 4.67. The summed E-state index contributed by atoms with van der Waals surface area (Å²) in [4.78, 5) is 6.63. The van der Waals surface area contributed by atoms with E-state index in [9.17, 15) is 4.39 Å². The van der Waals surface area contributed by atoms with Crippen molar-refractivity contribution in [2.75, 3.05) is 33.9 Å². The van der Waals surface area contributed by atoms with E-state index in [2.05, 4.69) is 15.2 Å². The molecule has 1 aliphatic heterocycles. The van der Waals surface area contributed by atoms with Crippen molar-refractivity contribution < 1.29 is 9.13 Å². The van der Waals surface area contributed by atoms with Crippen LogP contribution in [0.25, 0.3) is 0 Å². The van der Waals surface area contributed by atoms with E-state index in [-0.39, 0.29) is 41.8 Å². The first kappa shape index (κ1) is 19.7. The van der Waals surface area contributed by atoms with Crippen LogP contribution in [0.1, 0.15) is 24.3 Å². The van der Waals surface area contributed by atoms with Crippen LogP contribution in [0.15, 0.2) is 23.2 Å². The highest BCUT2D eigenvalue weighted by Gasteiger charge is 2.42. The maximum absolute atomic E-state index is 14.0. The minimum absolute atomic E-state index is 0. The molecule has 134 valence electrons. The molecule has 3 atom stereocenters. The van der Waals surface area contributed by atoms with E-state index in [0.29, 0.717) is 16.5 Å². The fourth-order valence-corrected chi connectivity index (χ4v) is 3.70. The Hall–Kier alpha value is -0.600. The molecule has 0 aromatic heterocycles. The van der Waals surface area contributed by atoms with E-state index in [4.69, 9.17) is 16.3 Å². The normalized spacial score (nSPS) is 26.2. The molecule has 3 unspecified atom stereocenters. The van der Waals surface area contributed by atoms with Crippen molar-refractivity contribution in [2.45, 2.75) is 24.8 Å². The maximum atomic E-state index is 14.0. The van der Waals surface area contributed by atoms with Crippen LogP contribution in [0.3, 0.4) is 0 Å². The molecule has 3 rings (SSSR count). The van der Waals surface area contributed by atoms with Gasteiger partial charge in [-0.3, -0.25) is 4.99 Å². The summed E-state index contributed by atoms with van der Waals surface area (Å²) >= 11 is 6.16.